The largest absolute Gasteiger partial charge is 0.481 e. The van der Waals surface area contributed by atoms with Crippen LogP contribution in [0.1, 0.15) is 27.7 Å². The van der Waals surface area contributed by atoms with Gasteiger partial charge in [-0.25, -0.2) is 0 Å². The molecule has 0 aliphatic carbocycles. The highest BCUT2D eigenvalue weighted by Crippen LogP contribution is 2.32. The second-order valence-electron chi connectivity index (χ2n) is 6.22. The molecule has 1 atom stereocenters. The Kier molecular flexibility index (Phi) is 4.22. The van der Waals surface area contributed by atoms with E-state index in [-0.39, 0.29) is 13.1 Å². The molecule has 1 heterocycles. The number of hydrogen-bond donors (Lipinski definition) is 1. The molecule has 7 heteroatoms. The number of carboxylic acids is 1. The number of nitrogens with zero attached hydrogens (tertiary/aromatic N) is 1. The number of ether oxygens (including phenoxy) is 1. The highest BCUT2D eigenvalue weighted by Gasteiger charge is 2.48. The molecule has 0 bridgehead atoms. The fourth-order valence-corrected chi connectivity index (χ4v) is 2.65. The lowest BCUT2D eigenvalue weighted by atomic mass is 9.97. The number of morpholine rings is 1. The van der Waals surface area contributed by atoms with Crippen molar-refractivity contribution < 1.29 is 27.8 Å². The van der Waals surface area contributed by atoms with Crippen molar-refractivity contribution in [1.29, 1.82) is 0 Å². The Morgan fingerprint density at radius 1 is 1.26 bits per heavy atom. The van der Waals surface area contributed by atoms with E-state index in [1.165, 1.54) is 4.90 Å². The molecule has 1 fully saturated rings. The van der Waals surface area contributed by atoms with E-state index in [4.69, 9.17) is 9.84 Å². The molecule has 0 aromatic heterocycles. The van der Waals surface area contributed by atoms with E-state index in [9.17, 15) is 18.0 Å². The van der Waals surface area contributed by atoms with Crippen molar-refractivity contribution in [3.05, 3.63) is 0 Å². The molecule has 1 rings (SSSR count). The van der Waals surface area contributed by atoms with Crippen LogP contribution in [0.3, 0.4) is 0 Å². The molecular formula is C12H20F3NO3. The van der Waals surface area contributed by atoms with Gasteiger partial charge < -0.3 is 9.84 Å². The van der Waals surface area contributed by atoms with E-state index in [1.807, 2.05) is 0 Å². The van der Waals surface area contributed by atoms with Crippen LogP contribution < -0.4 is 0 Å². The lowest BCUT2D eigenvalue weighted by Crippen LogP contribution is -2.59. The third kappa shape index (κ3) is 4.65. The van der Waals surface area contributed by atoms with Gasteiger partial charge >= 0.3 is 12.1 Å². The number of alkyl halides is 3. The molecule has 1 saturated heterocycles. The molecule has 0 amide bonds. The first kappa shape index (κ1) is 16.2. The third-order valence-corrected chi connectivity index (χ3v) is 2.90. The molecule has 0 aromatic rings. The maximum absolute atomic E-state index is 12.7. The summed E-state index contributed by atoms with van der Waals surface area (Å²) in [6.07, 6.45) is -4.74. The number of hydrogen-bond acceptors (Lipinski definition) is 3. The minimum absolute atomic E-state index is 0.274. The summed E-state index contributed by atoms with van der Waals surface area (Å²) in [5, 5.41) is 8.72. The van der Waals surface area contributed by atoms with Crippen LogP contribution in [0, 0.1) is 5.92 Å². The van der Waals surface area contributed by atoms with Crippen molar-refractivity contribution in [2.24, 2.45) is 5.92 Å². The molecule has 0 saturated carbocycles. The summed E-state index contributed by atoms with van der Waals surface area (Å²) in [5.74, 6) is -4.20. The fraction of sp³-hybridized carbons (Fsp3) is 0.917. The highest BCUT2D eigenvalue weighted by atomic mass is 19.4. The van der Waals surface area contributed by atoms with E-state index >= 15 is 0 Å². The van der Waals surface area contributed by atoms with Crippen LogP contribution in [0.4, 0.5) is 13.2 Å². The summed E-state index contributed by atoms with van der Waals surface area (Å²) in [7, 11) is 0. The number of rotatable bonds is 3. The van der Waals surface area contributed by atoms with Crippen LogP contribution >= 0.6 is 0 Å². The van der Waals surface area contributed by atoms with Gasteiger partial charge in [-0.2, -0.15) is 13.2 Å². The lowest BCUT2D eigenvalue weighted by molar-refractivity contribution is -0.213. The van der Waals surface area contributed by atoms with Crippen LogP contribution in [0.25, 0.3) is 0 Å². The second kappa shape index (κ2) is 4.94. The third-order valence-electron chi connectivity index (χ3n) is 2.90. The normalized spacial score (nSPS) is 25.0. The molecule has 19 heavy (non-hydrogen) atoms. The van der Waals surface area contributed by atoms with E-state index in [0.717, 1.165) is 0 Å². The van der Waals surface area contributed by atoms with Crippen molar-refractivity contribution in [2.75, 3.05) is 19.6 Å². The number of carboxylic acid groups (broad SMARTS) is 1. The summed E-state index contributed by atoms with van der Waals surface area (Å²) >= 11 is 0. The van der Waals surface area contributed by atoms with Crippen molar-refractivity contribution in [2.45, 2.75) is 45.1 Å². The first-order valence-corrected chi connectivity index (χ1v) is 6.04. The molecule has 4 nitrogen and oxygen atoms in total. The van der Waals surface area contributed by atoms with E-state index in [1.54, 1.807) is 27.7 Å². The first-order valence-electron chi connectivity index (χ1n) is 6.04. The quantitative estimate of drug-likeness (QED) is 0.862. The van der Waals surface area contributed by atoms with Gasteiger partial charge in [-0.15, -0.1) is 0 Å². The molecule has 1 N–H and O–H groups in total. The van der Waals surface area contributed by atoms with Gasteiger partial charge in [0.15, 0.2) is 5.92 Å². The highest BCUT2D eigenvalue weighted by molar-refractivity contribution is 5.71. The summed E-state index contributed by atoms with van der Waals surface area (Å²) in [4.78, 5) is 12.3. The number of carbonyl (C=O) groups is 1. The smallest absolute Gasteiger partial charge is 0.403 e. The van der Waals surface area contributed by atoms with E-state index < -0.39 is 35.8 Å². The summed E-state index contributed by atoms with van der Waals surface area (Å²) in [5.41, 5.74) is -1.20. The predicted molar refractivity (Wildman–Crippen MR) is 62.9 cm³/mol. The van der Waals surface area contributed by atoms with Crippen LogP contribution in [0.5, 0.6) is 0 Å². The maximum atomic E-state index is 12.7. The van der Waals surface area contributed by atoms with Gasteiger partial charge in [0.1, 0.15) is 0 Å². The zero-order chi connectivity index (χ0) is 15.1. The molecule has 1 aliphatic heterocycles. The van der Waals surface area contributed by atoms with Crippen molar-refractivity contribution in [3.63, 3.8) is 0 Å². The van der Waals surface area contributed by atoms with Crippen molar-refractivity contribution >= 4 is 5.97 Å². The Hall–Kier alpha value is -0.820. The molecule has 112 valence electrons. The summed E-state index contributed by atoms with van der Waals surface area (Å²) < 4.78 is 43.8. The van der Waals surface area contributed by atoms with Gasteiger partial charge in [0.05, 0.1) is 11.2 Å². The molecule has 0 aromatic carbocycles. The Morgan fingerprint density at radius 3 is 2.00 bits per heavy atom. The van der Waals surface area contributed by atoms with Crippen LogP contribution in [0.15, 0.2) is 0 Å². The maximum Gasteiger partial charge on any atom is 0.403 e. The zero-order valence-electron chi connectivity index (χ0n) is 11.5. The first-order chi connectivity index (χ1) is 8.32. The van der Waals surface area contributed by atoms with Gasteiger partial charge in [-0.05, 0) is 27.7 Å². The standard InChI is InChI=1S/C12H20F3NO3/c1-10(2)6-16(7-11(3,4)19-10)5-8(9(17)18)12(13,14)15/h8H,5-7H2,1-4H3,(H,17,18). The Morgan fingerprint density at radius 2 is 1.68 bits per heavy atom. The molecule has 0 radical (unpaired) electrons. The Labute approximate surface area is 110 Å². The minimum Gasteiger partial charge on any atom is -0.481 e. The second-order valence-corrected chi connectivity index (χ2v) is 6.22. The minimum atomic E-state index is -4.74. The Bertz CT molecular complexity index is 337. The van der Waals surface area contributed by atoms with Gasteiger partial charge in [0.25, 0.3) is 0 Å². The SMILES string of the molecule is CC1(C)CN(CC(C(=O)O)C(F)(F)F)CC(C)(C)O1. The molecule has 1 unspecified atom stereocenters. The lowest BCUT2D eigenvalue weighted by Gasteiger charge is -2.47. The topological polar surface area (TPSA) is 49.8 Å². The molecule has 0 spiro atoms. The Balaban J connectivity index is 2.83. The predicted octanol–water partition coefficient (Wildman–Crippen LogP) is 2.14. The van der Waals surface area contributed by atoms with Crippen LogP contribution in [0.2, 0.25) is 0 Å². The number of halogens is 3. The fourth-order valence-electron chi connectivity index (χ4n) is 2.65. The van der Waals surface area contributed by atoms with E-state index in [0.29, 0.717) is 0 Å². The van der Waals surface area contributed by atoms with Gasteiger partial charge in [0.2, 0.25) is 0 Å². The molecule has 1 aliphatic rings. The van der Waals surface area contributed by atoms with Gasteiger partial charge in [0, 0.05) is 19.6 Å². The van der Waals surface area contributed by atoms with Crippen LogP contribution in [-0.2, 0) is 9.53 Å². The van der Waals surface area contributed by atoms with Gasteiger partial charge in [-0.1, -0.05) is 0 Å². The average molecular weight is 283 g/mol. The average Bonchev–Trinajstić information content (AvgIpc) is 2.06. The van der Waals surface area contributed by atoms with Crippen molar-refractivity contribution in [1.82, 2.24) is 4.90 Å². The molecular weight excluding hydrogens is 263 g/mol. The van der Waals surface area contributed by atoms with E-state index in [2.05, 4.69) is 0 Å². The zero-order valence-corrected chi connectivity index (χ0v) is 11.5. The number of aliphatic carboxylic acids is 1. The van der Waals surface area contributed by atoms with Crippen molar-refractivity contribution in [3.8, 4) is 0 Å². The summed E-state index contributed by atoms with van der Waals surface area (Å²) in [6.45, 7) is 7.13. The summed E-state index contributed by atoms with van der Waals surface area (Å²) in [6, 6.07) is 0. The van der Waals surface area contributed by atoms with Gasteiger partial charge in [-0.3, -0.25) is 9.69 Å². The monoisotopic (exact) mass is 283 g/mol. The van der Waals surface area contributed by atoms with Crippen LogP contribution in [-0.4, -0.2) is 53.0 Å².